The third kappa shape index (κ3) is 3.95. The first-order valence-electron chi connectivity index (χ1n) is 6.67. The van der Waals surface area contributed by atoms with Gasteiger partial charge in [-0.15, -0.1) is 0 Å². The van der Waals surface area contributed by atoms with Gasteiger partial charge in [-0.2, -0.15) is 0 Å². The van der Waals surface area contributed by atoms with E-state index in [1.54, 1.807) is 4.90 Å². The first-order chi connectivity index (χ1) is 8.41. The van der Waals surface area contributed by atoms with Gasteiger partial charge in [-0.05, 0) is 19.3 Å². The summed E-state index contributed by atoms with van der Waals surface area (Å²) >= 11 is 0. The molecule has 0 radical (unpaired) electrons. The van der Waals surface area contributed by atoms with Gasteiger partial charge >= 0.3 is 0 Å². The smallest absolute Gasteiger partial charge is 0.239 e. The van der Waals surface area contributed by atoms with Crippen molar-refractivity contribution in [2.75, 3.05) is 18.1 Å². The largest absolute Gasteiger partial charge is 0.337 e. The fourth-order valence-electron chi connectivity index (χ4n) is 2.21. The Morgan fingerprint density at radius 2 is 2.11 bits per heavy atom. The second kappa shape index (κ2) is 6.52. The van der Waals surface area contributed by atoms with Crippen LogP contribution in [-0.2, 0) is 14.6 Å². The minimum atomic E-state index is -2.97. The molecule has 5 nitrogen and oxygen atoms in total. The van der Waals surface area contributed by atoms with Crippen LogP contribution in [0.15, 0.2) is 0 Å². The molecule has 0 aliphatic carbocycles. The van der Waals surface area contributed by atoms with Crippen molar-refractivity contribution < 1.29 is 13.2 Å². The van der Waals surface area contributed by atoms with Crippen LogP contribution < -0.4 is 5.73 Å². The Bertz CT molecular complexity index is 381. The van der Waals surface area contributed by atoms with Gasteiger partial charge in [0.25, 0.3) is 0 Å². The molecule has 0 bridgehead atoms. The summed E-state index contributed by atoms with van der Waals surface area (Å²) in [4.78, 5) is 13.9. The van der Waals surface area contributed by atoms with E-state index in [-0.39, 0.29) is 23.5 Å². The number of sulfone groups is 1. The van der Waals surface area contributed by atoms with Crippen LogP contribution in [0.5, 0.6) is 0 Å². The fraction of sp³-hybridized carbons (Fsp3) is 0.917. The number of hydrogen-bond acceptors (Lipinski definition) is 4. The molecule has 1 heterocycles. The van der Waals surface area contributed by atoms with Gasteiger partial charge in [-0.25, -0.2) is 8.42 Å². The second-order valence-corrected chi connectivity index (χ2v) is 7.19. The standard InChI is InChI=1S/C12H24N2O3S/c1-3-5-7-14(12(15)11(13)4-2)10-6-8-18(16,17)9-10/h10-11H,3-9,13H2,1-2H3/t10?,11-/m0/s1. The minimum absolute atomic E-state index is 0.0961. The van der Waals surface area contributed by atoms with Gasteiger partial charge < -0.3 is 10.6 Å². The third-order valence-electron chi connectivity index (χ3n) is 3.44. The Balaban J connectivity index is 2.75. The zero-order chi connectivity index (χ0) is 13.8. The number of hydrogen-bond donors (Lipinski definition) is 1. The monoisotopic (exact) mass is 276 g/mol. The molecule has 0 spiro atoms. The predicted octanol–water partition coefficient (Wildman–Crippen LogP) is 0.540. The SMILES string of the molecule is CCCCN(C(=O)[C@@H](N)CC)C1CCS(=O)(=O)C1. The zero-order valence-electron chi connectivity index (χ0n) is 11.3. The number of carbonyl (C=O) groups excluding carboxylic acids is 1. The van der Waals surface area contributed by atoms with E-state index in [0.29, 0.717) is 19.4 Å². The van der Waals surface area contributed by atoms with Gasteiger partial charge in [0, 0.05) is 12.6 Å². The molecule has 0 aromatic carbocycles. The predicted molar refractivity (Wildman–Crippen MR) is 71.9 cm³/mol. The normalized spacial score (nSPS) is 23.8. The van der Waals surface area contributed by atoms with Crippen molar-refractivity contribution in [3.8, 4) is 0 Å². The molecule has 1 saturated heterocycles. The summed E-state index contributed by atoms with van der Waals surface area (Å²) in [5.41, 5.74) is 5.78. The molecule has 2 atom stereocenters. The number of rotatable bonds is 6. The second-order valence-electron chi connectivity index (χ2n) is 4.96. The average Bonchev–Trinajstić information content (AvgIpc) is 2.68. The molecule has 0 aromatic heterocycles. The Morgan fingerprint density at radius 1 is 1.44 bits per heavy atom. The molecule has 0 saturated carbocycles. The Morgan fingerprint density at radius 3 is 2.56 bits per heavy atom. The van der Waals surface area contributed by atoms with Gasteiger partial charge in [0.05, 0.1) is 17.5 Å². The van der Waals surface area contributed by atoms with Crippen LogP contribution in [0.2, 0.25) is 0 Å². The molecule has 1 amide bonds. The van der Waals surface area contributed by atoms with Crippen LogP contribution in [-0.4, -0.2) is 49.4 Å². The highest BCUT2D eigenvalue weighted by Gasteiger charge is 2.35. The van der Waals surface area contributed by atoms with E-state index in [4.69, 9.17) is 5.73 Å². The van der Waals surface area contributed by atoms with Crippen LogP contribution in [0.25, 0.3) is 0 Å². The Kier molecular flexibility index (Phi) is 5.59. The molecule has 1 unspecified atom stereocenters. The number of carbonyl (C=O) groups is 1. The van der Waals surface area contributed by atoms with Gasteiger partial charge in [0.1, 0.15) is 0 Å². The van der Waals surface area contributed by atoms with E-state index in [9.17, 15) is 13.2 Å². The molecular weight excluding hydrogens is 252 g/mol. The van der Waals surface area contributed by atoms with E-state index >= 15 is 0 Å². The van der Waals surface area contributed by atoms with Crippen LogP contribution in [0.3, 0.4) is 0 Å². The van der Waals surface area contributed by atoms with Crippen molar-refractivity contribution in [2.45, 2.75) is 51.6 Å². The number of amides is 1. The van der Waals surface area contributed by atoms with E-state index in [2.05, 4.69) is 0 Å². The summed E-state index contributed by atoms with van der Waals surface area (Å²) in [6.07, 6.45) is 3.00. The first kappa shape index (κ1) is 15.4. The Hall–Kier alpha value is -0.620. The highest BCUT2D eigenvalue weighted by Crippen LogP contribution is 2.19. The zero-order valence-corrected chi connectivity index (χ0v) is 12.1. The molecule has 1 aliphatic rings. The fourth-order valence-corrected chi connectivity index (χ4v) is 3.94. The highest BCUT2D eigenvalue weighted by molar-refractivity contribution is 7.91. The van der Waals surface area contributed by atoms with Gasteiger partial charge in [-0.1, -0.05) is 20.3 Å². The molecule has 18 heavy (non-hydrogen) atoms. The van der Waals surface area contributed by atoms with Crippen molar-refractivity contribution in [3.05, 3.63) is 0 Å². The van der Waals surface area contributed by atoms with Gasteiger partial charge in [-0.3, -0.25) is 4.79 Å². The van der Waals surface area contributed by atoms with Crippen LogP contribution in [0.1, 0.15) is 39.5 Å². The first-order valence-corrected chi connectivity index (χ1v) is 8.50. The van der Waals surface area contributed by atoms with E-state index < -0.39 is 15.9 Å². The Labute approximate surface area is 110 Å². The summed E-state index contributed by atoms with van der Waals surface area (Å²) in [7, 11) is -2.97. The summed E-state index contributed by atoms with van der Waals surface area (Å²) in [5.74, 6) is 0.182. The lowest BCUT2D eigenvalue weighted by Crippen LogP contribution is -2.49. The van der Waals surface area contributed by atoms with E-state index in [1.165, 1.54) is 0 Å². The average molecular weight is 276 g/mol. The molecule has 0 aromatic rings. The molecule has 106 valence electrons. The maximum atomic E-state index is 12.2. The van der Waals surface area contributed by atoms with Crippen molar-refractivity contribution in [2.24, 2.45) is 5.73 Å². The summed E-state index contributed by atoms with van der Waals surface area (Å²) in [5, 5.41) is 0. The highest BCUT2D eigenvalue weighted by atomic mass is 32.2. The number of nitrogens with zero attached hydrogens (tertiary/aromatic N) is 1. The van der Waals surface area contributed by atoms with E-state index in [0.717, 1.165) is 12.8 Å². The molecule has 6 heteroatoms. The number of nitrogens with two attached hydrogens (primary N) is 1. The third-order valence-corrected chi connectivity index (χ3v) is 5.19. The van der Waals surface area contributed by atoms with Crippen LogP contribution in [0, 0.1) is 0 Å². The quantitative estimate of drug-likeness (QED) is 0.768. The van der Waals surface area contributed by atoms with Crippen molar-refractivity contribution >= 4 is 15.7 Å². The van der Waals surface area contributed by atoms with Gasteiger partial charge in [0.2, 0.25) is 5.91 Å². The topological polar surface area (TPSA) is 80.5 Å². The van der Waals surface area contributed by atoms with Crippen molar-refractivity contribution in [3.63, 3.8) is 0 Å². The molecular formula is C12H24N2O3S. The van der Waals surface area contributed by atoms with Crippen LogP contribution >= 0.6 is 0 Å². The maximum Gasteiger partial charge on any atom is 0.239 e. The van der Waals surface area contributed by atoms with Crippen molar-refractivity contribution in [1.82, 2.24) is 4.90 Å². The minimum Gasteiger partial charge on any atom is -0.337 e. The maximum absolute atomic E-state index is 12.2. The molecule has 1 rings (SSSR count). The van der Waals surface area contributed by atoms with Crippen LogP contribution in [0.4, 0.5) is 0 Å². The molecule has 1 aliphatic heterocycles. The van der Waals surface area contributed by atoms with Crippen molar-refractivity contribution in [1.29, 1.82) is 0 Å². The summed E-state index contributed by atoms with van der Waals surface area (Å²) in [6.45, 7) is 4.53. The lowest BCUT2D eigenvalue weighted by Gasteiger charge is -2.30. The number of unbranched alkanes of at least 4 members (excludes halogenated alkanes) is 1. The summed E-state index contributed by atoms with van der Waals surface area (Å²) in [6, 6.07) is -0.684. The lowest BCUT2D eigenvalue weighted by molar-refractivity contribution is -0.134. The molecule has 2 N–H and O–H groups in total. The van der Waals surface area contributed by atoms with Gasteiger partial charge in [0.15, 0.2) is 9.84 Å². The summed E-state index contributed by atoms with van der Waals surface area (Å²) < 4.78 is 23.0. The molecule has 1 fully saturated rings. The van der Waals surface area contributed by atoms with E-state index in [1.807, 2.05) is 13.8 Å². The lowest BCUT2D eigenvalue weighted by atomic mass is 10.1.